The van der Waals surface area contributed by atoms with E-state index in [1.165, 1.54) is 6.08 Å². The highest BCUT2D eigenvalue weighted by Gasteiger charge is 2.22. The molecule has 0 saturated carbocycles. The predicted molar refractivity (Wildman–Crippen MR) is 66.8 cm³/mol. The Bertz CT molecular complexity index is 218. The number of carbonyl (C=O) groups excluding carboxylic acids is 1. The SMILES string of the molecule is [CH2]CCC(CCCOC(=O)C=C)[N+](C)(C)C. The molecule has 93 valence electrons. The van der Waals surface area contributed by atoms with E-state index in [0.717, 1.165) is 30.2 Å². The predicted octanol–water partition coefficient (Wildman–Crippen LogP) is 2.18. The van der Waals surface area contributed by atoms with Crippen molar-refractivity contribution in [2.75, 3.05) is 27.7 Å². The van der Waals surface area contributed by atoms with Gasteiger partial charge >= 0.3 is 5.97 Å². The average molecular weight is 227 g/mol. The molecule has 0 aliphatic carbocycles. The van der Waals surface area contributed by atoms with Gasteiger partial charge in [-0.3, -0.25) is 0 Å². The summed E-state index contributed by atoms with van der Waals surface area (Å²) in [5.41, 5.74) is 0. The van der Waals surface area contributed by atoms with Gasteiger partial charge in [0.2, 0.25) is 0 Å². The molecule has 0 aliphatic heterocycles. The Labute approximate surface area is 99.7 Å². The third-order valence-electron chi connectivity index (χ3n) is 2.73. The van der Waals surface area contributed by atoms with E-state index < -0.39 is 0 Å². The van der Waals surface area contributed by atoms with Gasteiger partial charge in [-0.15, -0.1) is 0 Å². The Morgan fingerprint density at radius 3 is 2.44 bits per heavy atom. The molecule has 0 aromatic heterocycles. The van der Waals surface area contributed by atoms with Gasteiger partial charge in [0.25, 0.3) is 0 Å². The molecule has 0 saturated heterocycles. The molecule has 0 rings (SSSR count). The van der Waals surface area contributed by atoms with Gasteiger partial charge in [-0.25, -0.2) is 4.79 Å². The Hall–Kier alpha value is -0.830. The first kappa shape index (κ1) is 15.2. The first-order valence-corrected chi connectivity index (χ1v) is 5.81. The molecule has 0 bridgehead atoms. The van der Waals surface area contributed by atoms with E-state index in [4.69, 9.17) is 4.74 Å². The first-order valence-electron chi connectivity index (χ1n) is 5.81. The maximum atomic E-state index is 10.8. The average Bonchev–Trinajstić information content (AvgIpc) is 2.20. The fourth-order valence-electron chi connectivity index (χ4n) is 1.71. The lowest BCUT2D eigenvalue weighted by molar-refractivity contribution is -0.896. The molecule has 1 unspecified atom stereocenters. The van der Waals surface area contributed by atoms with Crippen molar-refractivity contribution in [1.29, 1.82) is 0 Å². The van der Waals surface area contributed by atoms with Crippen LogP contribution in [0, 0.1) is 6.92 Å². The fourth-order valence-corrected chi connectivity index (χ4v) is 1.71. The second kappa shape index (κ2) is 7.44. The Morgan fingerprint density at radius 2 is 2.00 bits per heavy atom. The third-order valence-corrected chi connectivity index (χ3v) is 2.73. The van der Waals surface area contributed by atoms with Gasteiger partial charge in [-0.2, -0.15) is 0 Å². The number of carbonyl (C=O) groups is 1. The summed E-state index contributed by atoms with van der Waals surface area (Å²) in [6.45, 7) is 7.74. The van der Waals surface area contributed by atoms with E-state index in [1.807, 2.05) is 0 Å². The third kappa shape index (κ3) is 6.62. The summed E-state index contributed by atoms with van der Waals surface area (Å²) in [5.74, 6) is -0.334. The lowest BCUT2D eigenvalue weighted by atomic mass is 10.0. The van der Waals surface area contributed by atoms with Crippen LogP contribution in [-0.2, 0) is 9.53 Å². The second-order valence-electron chi connectivity index (χ2n) is 4.93. The minimum Gasteiger partial charge on any atom is -0.463 e. The van der Waals surface area contributed by atoms with Crippen LogP contribution in [0.4, 0.5) is 0 Å². The molecule has 0 aromatic rings. The zero-order valence-corrected chi connectivity index (χ0v) is 10.9. The van der Waals surface area contributed by atoms with Crippen LogP contribution in [0.25, 0.3) is 0 Å². The van der Waals surface area contributed by atoms with Crippen LogP contribution in [0.3, 0.4) is 0 Å². The van der Waals surface area contributed by atoms with E-state index in [1.54, 1.807) is 0 Å². The van der Waals surface area contributed by atoms with Crippen molar-refractivity contribution in [3.05, 3.63) is 19.6 Å². The molecule has 3 heteroatoms. The smallest absolute Gasteiger partial charge is 0.330 e. The quantitative estimate of drug-likeness (QED) is 0.275. The van der Waals surface area contributed by atoms with E-state index in [9.17, 15) is 4.79 Å². The van der Waals surface area contributed by atoms with Crippen LogP contribution in [0.5, 0.6) is 0 Å². The standard InChI is InChI=1S/C13H25NO2/c1-6-9-12(14(3,4)5)10-8-11-16-13(15)7-2/h7,12H,1-2,6,8-11H2,3-5H3/q+1. The van der Waals surface area contributed by atoms with E-state index in [-0.39, 0.29) is 5.97 Å². The van der Waals surface area contributed by atoms with Crippen LogP contribution >= 0.6 is 0 Å². The molecule has 16 heavy (non-hydrogen) atoms. The minimum absolute atomic E-state index is 0.334. The normalized spacial score (nSPS) is 13.2. The number of esters is 1. The molecule has 3 nitrogen and oxygen atoms in total. The molecule has 1 atom stereocenters. The summed E-state index contributed by atoms with van der Waals surface area (Å²) < 4.78 is 5.89. The minimum atomic E-state index is -0.334. The lowest BCUT2D eigenvalue weighted by Gasteiger charge is -2.34. The van der Waals surface area contributed by atoms with Crippen molar-refractivity contribution >= 4 is 5.97 Å². The van der Waals surface area contributed by atoms with Crippen molar-refractivity contribution in [1.82, 2.24) is 0 Å². The van der Waals surface area contributed by atoms with E-state index in [0.29, 0.717) is 12.6 Å². The molecule has 0 heterocycles. The highest BCUT2D eigenvalue weighted by Crippen LogP contribution is 2.15. The zero-order chi connectivity index (χ0) is 12.6. The number of hydrogen-bond acceptors (Lipinski definition) is 2. The number of ether oxygens (including phenoxy) is 1. The fraction of sp³-hybridized carbons (Fsp3) is 0.692. The topological polar surface area (TPSA) is 26.3 Å². The van der Waals surface area contributed by atoms with Crippen molar-refractivity contribution in [3.8, 4) is 0 Å². The maximum Gasteiger partial charge on any atom is 0.330 e. The summed E-state index contributed by atoms with van der Waals surface area (Å²) in [4.78, 5) is 10.8. The van der Waals surface area contributed by atoms with Gasteiger partial charge in [-0.05, 0) is 19.3 Å². The van der Waals surface area contributed by atoms with Gasteiger partial charge in [0.15, 0.2) is 0 Å². The highest BCUT2D eigenvalue weighted by atomic mass is 16.5. The largest absolute Gasteiger partial charge is 0.463 e. The Morgan fingerprint density at radius 1 is 1.38 bits per heavy atom. The van der Waals surface area contributed by atoms with Crippen molar-refractivity contribution in [3.63, 3.8) is 0 Å². The summed E-state index contributed by atoms with van der Waals surface area (Å²) in [6.07, 6.45) is 5.22. The zero-order valence-electron chi connectivity index (χ0n) is 10.9. The lowest BCUT2D eigenvalue weighted by Crippen LogP contribution is -2.45. The van der Waals surface area contributed by atoms with Crippen LogP contribution in [0.15, 0.2) is 12.7 Å². The van der Waals surface area contributed by atoms with Gasteiger partial charge in [0.05, 0.1) is 33.8 Å². The van der Waals surface area contributed by atoms with Crippen molar-refractivity contribution < 1.29 is 14.0 Å². The number of nitrogens with zero attached hydrogens (tertiary/aromatic N) is 1. The first-order chi connectivity index (χ1) is 7.41. The van der Waals surface area contributed by atoms with Gasteiger partial charge in [0.1, 0.15) is 0 Å². The molecule has 0 aromatic carbocycles. The Balaban J connectivity index is 3.85. The monoisotopic (exact) mass is 227 g/mol. The molecular weight excluding hydrogens is 202 g/mol. The van der Waals surface area contributed by atoms with Gasteiger partial charge in [-0.1, -0.05) is 13.5 Å². The van der Waals surface area contributed by atoms with Crippen LogP contribution < -0.4 is 0 Å². The van der Waals surface area contributed by atoms with Gasteiger partial charge < -0.3 is 9.22 Å². The molecule has 0 aliphatic rings. The molecule has 0 amide bonds. The maximum absolute atomic E-state index is 10.8. The van der Waals surface area contributed by atoms with Crippen molar-refractivity contribution in [2.24, 2.45) is 0 Å². The molecular formula is C13H25NO2+. The van der Waals surface area contributed by atoms with Crippen LogP contribution in [0.2, 0.25) is 0 Å². The number of rotatable bonds is 8. The summed E-state index contributed by atoms with van der Waals surface area (Å²) >= 11 is 0. The molecule has 0 spiro atoms. The number of hydrogen-bond donors (Lipinski definition) is 0. The summed E-state index contributed by atoms with van der Waals surface area (Å²) in [5, 5.41) is 0. The number of quaternary nitrogens is 1. The van der Waals surface area contributed by atoms with Gasteiger partial charge in [0, 0.05) is 12.5 Å². The summed E-state index contributed by atoms with van der Waals surface area (Å²) in [7, 11) is 6.57. The van der Waals surface area contributed by atoms with Crippen molar-refractivity contribution in [2.45, 2.75) is 31.7 Å². The second-order valence-corrected chi connectivity index (χ2v) is 4.93. The highest BCUT2D eigenvalue weighted by molar-refractivity contribution is 5.81. The van der Waals surface area contributed by atoms with E-state index >= 15 is 0 Å². The molecule has 1 radical (unpaired) electrons. The van der Waals surface area contributed by atoms with Crippen LogP contribution in [-0.4, -0.2) is 44.2 Å². The molecule has 0 fully saturated rings. The van der Waals surface area contributed by atoms with E-state index in [2.05, 4.69) is 34.6 Å². The Kier molecular flexibility index (Phi) is 7.06. The summed E-state index contributed by atoms with van der Waals surface area (Å²) in [6, 6.07) is 0.583. The van der Waals surface area contributed by atoms with Crippen LogP contribution in [0.1, 0.15) is 25.7 Å². The molecule has 0 N–H and O–H groups in total.